The van der Waals surface area contributed by atoms with Gasteiger partial charge in [0.2, 0.25) is 0 Å². The second-order valence-corrected chi connectivity index (χ2v) is 4.93. The predicted molar refractivity (Wildman–Crippen MR) is 79.6 cm³/mol. The number of nitrogens with one attached hydrogen (secondary N) is 1. The first-order valence-electron chi connectivity index (χ1n) is 6.75. The van der Waals surface area contributed by atoms with Gasteiger partial charge in [0.15, 0.2) is 0 Å². The van der Waals surface area contributed by atoms with Gasteiger partial charge in [-0.2, -0.15) is 0 Å². The average molecular weight is 288 g/mol. The first kappa shape index (κ1) is 15.1. The van der Waals surface area contributed by atoms with Crippen LogP contribution in [0.25, 0.3) is 0 Å². The summed E-state index contributed by atoms with van der Waals surface area (Å²) in [5, 5.41) is 14.1. The van der Waals surface area contributed by atoms with E-state index in [-0.39, 0.29) is 16.4 Å². The highest BCUT2D eigenvalue weighted by molar-refractivity contribution is 5.42. The van der Waals surface area contributed by atoms with Crippen LogP contribution in [0.1, 0.15) is 16.7 Å². The molecule has 0 spiro atoms. The monoisotopic (exact) mass is 288 g/mol. The predicted octanol–water partition coefficient (Wildman–Crippen LogP) is 3.37. The number of hydrogen-bond donors (Lipinski definition) is 1. The quantitative estimate of drug-likeness (QED) is 0.503. The van der Waals surface area contributed by atoms with Crippen molar-refractivity contribution in [1.82, 2.24) is 5.32 Å². The average Bonchev–Trinajstić information content (AvgIpc) is 2.45. The maximum atomic E-state index is 13.0. The third-order valence-corrected chi connectivity index (χ3v) is 3.28. The van der Waals surface area contributed by atoms with Gasteiger partial charge in [-0.3, -0.25) is 10.1 Å². The molecule has 4 nitrogen and oxygen atoms in total. The largest absolute Gasteiger partial charge is 0.312 e. The molecule has 0 aromatic heterocycles. The zero-order valence-electron chi connectivity index (χ0n) is 11.8. The fourth-order valence-electron chi connectivity index (χ4n) is 2.12. The summed E-state index contributed by atoms with van der Waals surface area (Å²) in [6.07, 6.45) is 0.714. The van der Waals surface area contributed by atoms with Gasteiger partial charge in [0.25, 0.3) is 5.69 Å². The fraction of sp³-hybridized carbons (Fsp3) is 0.250. The molecule has 0 aliphatic carbocycles. The zero-order chi connectivity index (χ0) is 15.2. The minimum absolute atomic E-state index is 0.138. The molecule has 0 heterocycles. The Morgan fingerprint density at radius 1 is 1.19 bits per heavy atom. The number of aryl methyl sites for hydroxylation is 1. The molecule has 0 aliphatic rings. The lowest BCUT2D eigenvalue weighted by Crippen LogP contribution is -2.16. The molecule has 0 atom stereocenters. The smallest absolute Gasteiger partial charge is 0.272 e. The van der Waals surface area contributed by atoms with Gasteiger partial charge in [-0.05, 0) is 43.1 Å². The van der Waals surface area contributed by atoms with Gasteiger partial charge in [0.05, 0.1) is 4.92 Å². The van der Waals surface area contributed by atoms with E-state index < -0.39 is 0 Å². The maximum Gasteiger partial charge on any atom is 0.272 e. The van der Waals surface area contributed by atoms with Crippen molar-refractivity contribution in [2.45, 2.75) is 19.9 Å². The van der Waals surface area contributed by atoms with E-state index in [2.05, 4.69) is 5.32 Å². The molecule has 0 bridgehead atoms. The number of nitro benzene ring substituents is 1. The van der Waals surface area contributed by atoms with Gasteiger partial charge in [-0.15, -0.1) is 0 Å². The van der Waals surface area contributed by atoms with Gasteiger partial charge in [0.1, 0.15) is 5.82 Å². The standard InChI is InChI=1S/C16H17FN2O2/c1-12-5-6-14(10-16(12)19(20)21)11-18-8-7-13-3-2-4-15(17)9-13/h2-6,9-10,18H,7-8,11H2,1H3. The molecule has 2 rings (SSSR count). The van der Waals surface area contributed by atoms with Crippen LogP contribution in [0, 0.1) is 22.9 Å². The molecule has 2 aromatic carbocycles. The lowest BCUT2D eigenvalue weighted by atomic mass is 10.1. The summed E-state index contributed by atoms with van der Waals surface area (Å²) in [5.41, 5.74) is 2.59. The zero-order valence-corrected chi connectivity index (χ0v) is 11.8. The Balaban J connectivity index is 1.86. The highest BCUT2D eigenvalue weighted by atomic mass is 19.1. The van der Waals surface area contributed by atoms with Crippen LogP contribution in [-0.2, 0) is 13.0 Å². The molecule has 1 N–H and O–H groups in total. The van der Waals surface area contributed by atoms with Crippen LogP contribution < -0.4 is 5.32 Å². The molecule has 0 aliphatic heterocycles. The normalized spacial score (nSPS) is 10.6. The third-order valence-electron chi connectivity index (χ3n) is 3.28. The van der Waals surface area contributed by atoms with Crippen LogP contribution in [0.2, 0.25) is 0 Å². The van der Waals surface area contributed by atoms with Crippen molar-refractivity contribution in [3.63, 3.8) is 0 Å². The van der Waals surface area contributed by atoms with E-state index in [9.17, 15) is 14.5 Å². The van der Waals surface area contributed by atoms with Gasteiger partial charge >= 0.3 is 0 Å². The highest BCUT2D eigenvalue weighted by Gasteiger charge is 2.10. The summed E-state index contributed by atoms with van der Waals surface area (Å²) in [4.78, 5) is 10.5. The number of benzene rings is 2. The molecule has 0 fully saturated rings. The number of nitro groups is 1. The first-order chi connectivity index (χ1) is 10.1. The van der Waals surface area contributed by atoms with Gasteiger partial charge < -0.3 is 5.32 Å². The molecule has 0 radical (unpaired) electrons. The van der Waals surface area contributed by atoms with Crippen molar-refractivity contribution in [2.24, 2.45) is 0 Å². The van der Waals surface area contributed by atoms with Crippen molar-refractivity contribution >= 4 is 5.69 Å². The molecule has 0 unspecified atom stereocenters. The Labute approximate surface area is 122 Å². The minimum Gasteiger partial charge on any atom is -0.312 e. The second-order valence-electron chi connectivity index (χ2n) is 4.93. The Kier molecular flexibility index (Phi) is 5.00. The SMILES string of the molecule is Cc1ccc(CNCCc2cccc(F)c2)cc1[N+](=O)[O-]. The number of nitrogens with zero attached hydrogens (tertiary/aromatic N) is 1. The molecule has 21 heavy (non-hydrogen) atoms. The van der Waals surface area contributed by atoms with Gasteiger partial charge in [-0.25, -0.2) is 4.39 Å². The van der Waals surface area contributed by atoms with Crippen LogP contribution in [0.5, 0.6) is 0 Å². The van der Waals surface area contributed by atoms with Crippen LogP contribution in [-0.4, -0.2) is 11.5 Å². The second kappa shape index (κ2) is 6.95. The molecule has 0 amide bonds. The van der Waals surface area contributed by atoms with Crippen molar-refractivity contribution in [3.05, 3.63) is 75.1 Å². The van der Waals surface area contributed by atoms with Crippen molar-refractivity contribution in [3.8, 4) is 0 Å². The number of hydrogen-bond acceptors (Lipinski definition) is 3. The van der Waals surface area contributed by atoms with Crippen molar-refractivity contribution < 1.29 is 9.31 Å². The Morgan fingerprint density at radius 3 is 2.71 bits per heavy atom. The molecule has 2 aromatic rings. The van der Waals surface area contributed by atoms with Crippen molar-refractivity contribution in [1.29, 1.82) is 0 Å². The van der Waals surface area contributed by atoms with E-state index in [4.69, 9.17) is 0 Å². The Bertz CT molecular complexity index is 644. The van der Waals surface area contributed by atoms with Crippen LogP contribution in [0.4, 0.5) is 10.1 Å². The molecule has 110 valence electrons. The lowest BCUT2D eigenvalue weighted by molar-refractivity contribution is -0.385. The first-order valence-corrected chi connectivity index (χ1v) is 6.75. The summed E-state index contributed by atoms with van der Waals surface area (Å²) in [5.74, 6) is -0.235. The Hall–Kier alpha value is -2.27. The topological polar surface area (TPSA) is 55.2 Å². The summed E-state index contributed by atoms with van der Waals surface area (Å²) >= 11 is 0. The maximum absolute atomic E-state index is 13.0. The van der Waals surface area contributed by atoms with Crippen molar-refractivity contribution in [2.75, 3.05) is 6.54 Å². The summed E-state index contributed by atoms with van der Waals surface area (Å²) in [6.45, 7) is 2.96. The van der Waals surface area contributed by atoms with Crippen LogP contribution in [0.3, 0.4) is 0 Å². The van der Waals surface area contributed by atoms with E-state index in [1.807, 2.05) is 12.1 Å². The van der Waals surface area contributed by atoms with E-state index in [0.717, 1.165) is 11.1 Å². The number of halogens is 1. The number of rotatable bonds is 6. The van der Waals surface area contributed by atoms with E-state index in [0.29, 0.717) is 25.1 Å². The summed E-state index contributed by atoms with van der Waals surface area (Å²) in [6, 6.07) is 11.7. The van der Waals surface area contributed by atoms with E-state index in [1.165, 1.54) is 12.1 Å². The summed E-state index contributed by atoms with van der Waals surface area (Å²) < 4.78 is 13.0. The van der Waals surface area contributed by atoms with E-state index in [1.54, 1.807) is 25.1 Å². The third kappa shape index (κ3) is 4.36. The molecule has 0 saturated carbocycles. The Morgan fingerprint density at radius 2 is 2.00 bits per heavy atom. The van der Waals surface area contributed by atoms with Gasteiger partial charge in [-0.1, -0.05) is 24.3 Å². The minimum atomic E-state index is -0.369. The molecular formula is C16H17FN2O2. The van der Waals surface area contributed by atoms with Crippen LogP contribution in [0.15, 0.2) is 42.5 Å². The fourth-order valence-corrected chi connectivity index (χ4v) is 2.12. The molecule has 5 heteroatoms. The van der Waals surface area contributed by atoms with E-state index >= 15 is 0 Å². The molecular weight excluding hydrogens is 271 g/mol. The lowest BCUT2D eigenvalue weighted by Gasteiger charge is -2.06. The summed E-state index contributed by atoms with van der Waals surface area (Å²) in [7, 11) is 0. The van der Waals surface area contributed by atoms with Crippen LogP contribution >= 0.6 is 0 Å². The highest BCUT2D eigenvalue weighted by Crippen LogP contribution is 2.19. The molecule has 0 saturated heterocycles. The van der Waals surface area contributed by atoms with Gasteiger partial charge in [0, 0.05) is 18.2 Å².